The summed E-state index contributed by atoms with van der Waals surface area (Å²) >= 11 is 0. The Labute approximate surface area is 114 Å². The quantitative estimate of drug-likeness (QED) is 0.851. The number of rotatable bonds is 4. The van der Waals surface area contributed by atoms with Gasteiger partial charge in [-0.2, -0.15) is 0 Å². The lowest BCUT2D eigenvalue weighted by Gasteiger charge is -2.24. The van der Waals surface area contributed by atoms with Gasteiger partial charge in [-0.3, -0.25) is 10.1 Å². The predicted octanol–water partition coefficient (Wildman–Crippen LogP) is 3.21. The Morgan fingerprint density at radius 2 is 1.74 bits per heavy atom. The Kier molecular flexibility index (Phi) is 5.06. The van der Waals surface area contributed by atoms with Crippen LogP contribution in [-0.2, 0) is 9.53 Å². The van der Waals surface area contributed by atoms with Crippen LogP contribution < -0.4 is 5.32 Å². The van der Waals surface area contributed by atoms with E-state index < -0.39 is 11.6 Å². The third-order valence-corrected chi connectivity index (χ3v) is 2.63. The highest BCUT2D eigenvalue weighted by atomic mass is 19.1. The van der Waals surface area contributed by atoms with Crippen molar-refractivity contribution < 1.29 is 13.9 Å². The van der Waals surface area contributed by atoms with Crippen molar-refractivity contribution in [2.75, 3.05) is 0 Å². The highest BCUT2D eigenvalue weighted by Gasteiger charge is 2.22. The lowest BCUT2D eigenvalue weighted by atomic mass is 10.1. The molecule has 1 aromatic carbocycles. The van der Waals surface area contributed by atoms with E-state index in [0.717, 1.165) is 5.56 Å². The molecule has 0 radical (unpaired) electrons. The molecule has 3 nitrogen and oxygen atoms in total. The summed E-state index contributed by atoms with van der Waals surface area (Å²) in [6.07, 6.45) is 0. The van der Waals surface area contributed by atoms with Crippen molar-refractivity contribution in [1.29, 1.82) is 0 Å². The average Bonchev–Trinajstić information content (AvgIpc) is 2.27. The summed E-state index contributed by atoms with van der Waals surface area (Å²) in [7, 11) is 0. The molecule has 0 aromatic heterocycles. The molecule has 0 saturated heterocycles. The molecule has 0 fully saturated rings. The van der Waals surface area contributed by atoms with Crippen molar-refractivity contribution in [3.63, 3.8) is 0 Å². The summed E-state index contributed by atoms with van der Waals surface area (Å²) in [6, 6.07) is 5.75. The minimum Gasteiger partial charge on any atom is -0.459 e. The molecule has 2 atom stereocenters. The van der Waals surface area contributed by atoms with E-state index in [0.29, 0.717) is 0 Å². The van der Waals surface area contributed by atoms with Gasteiger partial charge in [0.25, 0.3) is 0 Å². The topological polar surface area (TPSA) is 38.3 Å². The first-order valence-corrected chi connectivity index (χ1v) is 6.43. The monoisotopic (exact) mass is 267 g/mol. The fourth-order valence-corrected chi connectivity index (χ4v) is 1.68. The van der Waals surface area contributed by atoms with Gasteiger partial charge in [-0.15, -0.1) is 0 Å². The first kappa shape index (κ1) is 15.6. The van der Waals surface area contributed by atoms with Crippen LogP contribution in [0.15, 0.2) is 24.3 Å². The van der Waals surface area contributed by atoms with Gasteiger partial charge >= 0.3 is 5.97 Å². The van der Waals surface area contributed by atoms with Gasteiger partial charge in [-0.25, -0.2) is 4.39 Å². The van der Waals surface area contributed by atoms with Crippen molar-refractivity contribution in [1.82, 2.24) is 5.32 Å². The van der Waals surface area contributed by atoms with Crippen molar-refractivity contribution in [3.8, 4) is 0 Å². The summed E-state index contributed by atoms with van der Waals surface area (Å²) in [4.78, 5) is 11.8. The first-order chi connectivity index (χ1) is 8.69. The molecule has 0 amide bonds. The minimum absolute atomic E-state index is 0.0527. The average molecular weight is 267 g/mol. The van der Waals surface area contributed by atoms with E-state index in [4.69, 9.17) is 4.74 Å². The van der Waals surface area contributed by atoms with Gasteiger partial charge in [0.05, 0.1) is 0 Å². The van der Waals surface area contributed by atoms with Gasteiger partial charge in [-0.1, -0.05) is 12.1 Å². The van der Waals surface area contributed by atoms with Crippen LogP contribution in [0.1, 0.15) is 46.2 Å². The van der Waals surface area contributed by atoms with E-state index in [1.165, 1.54) is 12.1 Å². The van der Waals surface area contributed by atoms with Gasteiger partial charge in [-0.05, 0) is 52.3 Å². The van der Waals surface area contributed by atoms with E-state index in [1.54, 1.807) is 19.1 Å². The molecular weight excluding hydrogens is 245 g/mol. The molecule has 0 bridgehead atoms. The Morgan fingerprint density at radius 3 is 2.21 bits per heavy atom. The molecule has 1 aromatic rings. The highest BCUT2D eigenvalue weighted by Crippen LogP contribution is 2.15. The number of carbonyl (C=O) groups is 1. The standard InChI is InChI=1S/C15H22FNO2/c1-10(12-6-8-13(16)9-7-12)17-11(2)14(18)19-15(3,4)5/h6-11,17H,1-5H3/t10-,11?/m0/s1. The lowest BCUT2D eigenvalue weighted by molar-refractivity contribution is -0.157. The molecule has 0 spiro atoms. The zero-order valence-corrected chi connectivity index (χ0v) is 12.2. The normalized spacial score (nSPS) is 14.8. The number of esters is 1. The van der Waals surface area contributed by atoms with Crippen molar-refractivity contribution in [2.45, 2.75) is 52.3 Å². The van der Waals surface area contributed by atoms with E-state index in [1.807, 2.05) is 27.7 Å². The number of benzene rings is 1. The van der Waals surface area contributed by atoms with Gasteiger partial charge in [0, 0.05) is 6.04 Å². The summed E-state index contributed by atoms with van der Waals surface area (Å²) in [6.45, 7) is 9.19. The van der Waals surface area contributed by atoms with Crippen LogP contribution >= 0.6 is 0 Å². The third-order valence-electron chi connectivity index (χ3n) is 2.63. The van der Waals surface area contributed by atoms with Gasteiger partial charge in [0.1, 0.15) is 17.5 Å². The summed E-state index contributed by atoms with van der Waals surface area (Å²) < 4.78 is 18.1. The maximum absolute atomic E-state index is 12.8. The summed E-state index contributed by atoms with van der Waals surface area (Å²) in [5, 5.41) is 3.14. The van der Waals surface area contributed by atoms with Crippen molar-refractivity contribution in [3.05, 3.63) is 35.6 Å². The third kappa shape index (κ3) is 5.39. The van der Waals surface area contributed by atoms with Crippen molar-refractivity contribution >= 4 is 5.97 Å². The SMILES string of the molecule is CC(N[C@@H](C)c1ccc(F)cc1)C(=O)OC(C)(C)C. The fourth-order valence-electron chi connectivity index (χ4n) is 1.68. The molecule has 0 heterocycles. The molecule has 0 aliphatic rings. The second-order valence-corrected chi connectivity index (χ2v) is 5.70. The molecule has 106 valence electrons. The molecular formula is C15H22FNO2. The van der Waals surface area contributed by atoms with Crippen LogP contribution in [0.4, 0.5) is 4.39 Å². The smallest absolute Gasteiger partial charge is 0.323 e. The molecule has 4 heteroatoms. The van der Waals surface area contributed by atoms with E-state index in [-0.39, 0.29) is 17.8 Å². The van der Waals surface area contributed by atoms with Crippen LogP contribution in [0, 0.1) is 5.82 Å². The number of nitrogens with one attached hydrogen (secondary N) is 1. The number of halogens is 1. The largest absolute Gasteiger partial charge is 0.459 e. The van der Waals surface area contributed by atoms with Crippen LogP contribution in [0.3, 0.4) is 0 Å². The molecule has 1 rings (SSSR count). The Morgan fingerprint density at radius 1 is 1.21 bits per heavy atom. The molecule has 1 N–H and O–H groups in total. The van der Waals surface area contributed by atoms with E-state index in [9.17, 15) is 9.18 Å². The highest BCUT2D eigenvalue weighted by molar-refractivity contribution is 5.75. The molecule has 19 heavy (non-hydrogen) atoms. The molecule has 0 aliphatic heterocycles. The van der Waals surface area contributed by atoms with Gasteiger partial charge in [0.15, 0.2) is 0 Å². The van der Waals surface area contributed by atoms with Gasteiger partial charge < -0.3 is 4.74 Å². The number of ether oxygens (including phenoxy) is 1. The van der Waals surface area contributed by atoms with Crippen molar-refractivity contribution in [2.24, 2.45) is 0 Å². The fraction of sp³-hybridized carbons (Fsp3) is 0.533. The molecule has 0 saturated carbocycles. The Hall–Kier alpha value is -1.42. The molecule has 1 unspecified atom stereocenters. The zero-order chi connectivity index (χ0) is 14.6. The Balaban J connectivity index is 2.59. The van der Waals surface area contributed by atoms with Crippen LogP contribution in [-0.4, -0.2) is 17.6 Å². The number of hydrogen-bond donors (Lipinski definition) is 1. The second-order valence-electron chi connectivity index (χ2n) is 5.70. The number of carbonyl (C=O) groups excluding carboxylic acids is 1. The van der Waals surface area contributed by atoms with Crippen LogP contribution in [0.2, 0.25) is 0 Å². The summed E-state index contributed by atoms with van der Waals surface area (Å²) in [5.74, 6) is -0.558. The summed E-state index contributed by atoms with van der Waals surface area (Å²) in [5.41, 5.74) is 0.434. The second kappa shape index (κ2) is 6.15. The lowest BCUT2D eigenvalue weighted by Crippen LogP contribution is -2.40. The minimum atomic E-state index is -0.494. The zero-order valence-electron chi connectivity index (χ0n) is 12.2. The maximum Gasteiger partial charge on any atom is 0.323 e. The van der Waals surface area contributed by atoms with E-state index >= 15 is 0 Å². The van der Waals surface area contributed by atoms with Gasteiger partial charge in [0.2, 0.25) is 0 Å². The molecule has 0 aliphatic carbocycles. The maximum atomic E-state index is 12.8. The van der Waals surface area contributed by atoms with E-state index in [2.05, 4.69) is 5.32 Å². The van der Waals surface area contributed by atoms with Crippen LogP contribution in [0.5, 0.6) is 0 Å². The predicted molar refractivity (Wildman–Crippen MR) is 73.3 cm³/mol. The number of hydrogen-bond acceptors (Lipinski definition) is 3. The Bertz CT molecular complexity index is 423. The first-order valence-electron chi connectivity index (χ1n) is 6.43. The van der Waals surface area contributed by atoms with Crippen LogP contribution in [0.25, 0.3) is 0 Å².